The summed E-state index contributed by atoms with van der Waals surface area (Å²) in [6, 6.07) is 0. The third kappa shape index (κ3) is 3.98. The van der Waals surface area contributed by atoms with E-state index in [0.717, 1.165) is 16.9 Å². The van der Waals surface area contributed by atoms with Crippen molar-refractivity contribution in [1.29, 1.82) is 0 Å². The van der Waals surface area contributed by atoms with E-state index in [1.165, 1.54) is 0 Å². The molecule has 0 atom stereocenters. The van der Waals surface area contributed by atoms with Gasteiger partial charge in [0.05, 0.1) is 19.1 Å². The molecule has 1 rings (SSSR count). The monoisotopic (exact) mass is 232 g/mol. The maximum atomic E-state index is 8.99. The van der Waals surface area contributed by atoms with Crippen LogP contribution in [0.1, 0.15) is 31.9 Å². The first kappa shape index (κ1) is 12.0. The van der Waals surface area contributed by atoms with Crippen LogP contribution in [0, 0.1) is 0 Å². The summed E-state index contributed by atoms with van der Waals surface area (Å²) in [6.07, 6.45) is 3.32. The summed E-state index contributed by atoms with van der Waals surface area (Å²) in [5.41, 5.74) is 1.99. The van der Waals surface area contributed by atoms with E-state index in [1.807, 2.05) is 10.8 Å². The summed E-state index contributed by atoms with van der Waals surface area (Å²) in [5, 5.41) is 8.99. The fourth-order valence-corrected chi connectivity index (χ4v) is 3.30. The SMILES string of the molecule is CC(C)(C)SSCc1cocc1CO. The van der Waals surface area contributed by atoms with Gasteiger partial charge in [-0.05, 0) is 0 Å². The number of rotatable bonds is 4. The Morgan fingerprint density at radius 1 is 1.29 bits per heavy atom. The number of furan rings is 1. The van der Waals surface area contributed by atoms with Crippen LogP contribution in [0.4, 0.5) is 0 Å². The minimum absolute atomic E-state index is 0.0621. The molecule has 0 aromatic carbocycles. The van der Waals surface area contributed by atoms with Crippen molar-refractivity contribution in [3.05, 3.63) is 23.7 Å². The summed E-state index contributed by atoms with van der Waals surface area (Å²) in [7, 11) is 3.64. The average molecular weight is 232 g/mol. The molecule has 14 heavy (non-hydrogen) atoms. The topological polar surface area (TPSA) is 33.4 Å². The number of aliphatic hydroxyl groups excluding tert-OH is 1. The Bertz CT molecular complexity index is 276. The van der Waals surface area contributed by atoms with Crippen LogP contribution >= 0.6 is 21.6 Å². The van der Waals surface area contributed by atoms with Crippen molar-refractivity contribution in [3.8, 4) is 0 Å². The third-order valence-electron chi connectivity index (χ3n) is 1.53. The molecular formula is C10H16O2S2. The molecule has 1 N–H and O–H groups in total. The molecule has 80 valence electrons. The number of hydrogen-bond donors (Lipinski definition) is 1. The third-order valence-corrected chi connectivity index (χ3v) is 4.78. The number of hydrogen-bond acceptors (Lipinski definition) is 4. The van der Waals surface area contributed by atoms with Gasteiger partial charge >= 0.3 is 0 Å². The van der Waals surface area contributed by atoms with Gasteiger partial charge in [0, 0.05) is 21.6 Å². The van der Waals surface area contributed by atoms with E-state index < -0.39 is 0 Å². The molecular weight excluding hydrogens is 216 g/mol. The van der Waals surface area contributed by atoms with Gasteiger partial charge in [-0.25, -0.2) is 0 Å². The van der Waals surface area contributed by atoms with Crippen LogP contribution < -0.4 is 0 Å². The number of aliphatic hydroxyl groups is 1. The second kappa shape index (κ2) is 5.14. The quantitative estimate of drug-likeness (QED) is 0.806. The molecule has 0 aliphatic rings. The highest BCUT2D eigenvalue weighted by atomic mass is 33.1. The van der Waals surface area contributed by atoms with E-state index >= 15 is 0 Å². The van der Waals surface area contributed by atoms with Gasteiger partial charge in [-0.2, -0.15) is 0 Å². The molecule has 0 spiro atoms. The van der Waals surface area contributed by atoms with Gasteiger partial charge in [0.15, 0.2) is 0 Å². The van der Waals surface area contributed by atoms with Gasteiger partial charge in [-0.15, -0.1) is 0 Å². The Balaban J connectivity index is 2.38. The maximum Gasteiger partial charge on any atom is 0.0960 e. The Morgan fingerprint density at radius 2 is 1.93 bits per heavy atom. The van der Waals surface area contributed by atoms with Crippen LogP contribution in [0.2, 0.25) is 0 Å². The second-order valence-electron chi connectivity index (χ2n) is 4.04. The minimum atomic E-state index is 0.0621. The lowest BCUT2D eigenvalue weighted by Crippen LogP contribution is -2.04. The summed E-state index contributed by atoms with van der Waals surface area (Å²) in [6.45, 7) is 6.62. The summed E-state index contributed by atoms with van der Waals surface area (Å²) < 4.78 is 5.31. The molecule has 1 aromatic heterocycles. The fraction of sp³-hybridized carbons (Fsp3) is 0.600. The van der Waals surface area contributed by atoms with Gasteiger partial charge in [-0.3, -0.25) is 0 Å². The molecule has 0 unspecified atom stereocenters. The van der Waals surface area contributed by atoms with Crippen molar-refractivity contribution < 1.29 is 9.52 Å². The highest BCUT2D eigenvalue weighted by Crippen LogP contribution is 2.37. The first-order valence-corrected chi connectivity index (χ1v) is 6.80. The van der Waals surface area contributed by atoms with Crippen LogP contribution in [0.25, 0.3) is 0 Å². The smallest absolute Gasteiger partial charge is 0.0960 e. The van der Waals surface area contributed by atoms with Gasteiger partial charge in [0.1, 0.15) is 0 Å². The second-order valence-corrected chi connectivity index (χ2v) is 7.16. The Hall–Kier alpha value is -0.0600. The minimum Gasteiger partial charge on any atom is -0.472 e. The predicted molar refractivity (Wildman–Crippen MR) is 63.3 cm³/mol. The molecule has 0 radical (unpaired) electrons. The molecule has 0 saturated heterocycles. The molecule has 1 heterocycles. The lowest BCUT2D eigenvalue weighted by atomic mass is 10.2. The van der Waals surface area contributed by atoms with E-state index in [4.69, 9.17) is 9.52 Å². The largest absolute Gasteiger partial charge is 0.472 e. The van der Waals surface area contributed by atoms with E-state index in [9.17, 15) is 0 Å². The average Bonchev–Trinajstić information content (AvgIpc) is 2.49. The maximum absolute atomic E-state index is 8.99. The molecule has 2 nitrogen and oxygen atoms in total. The van der Waals surface area contributed by atoms with Crippen molar-refractivity contribution in [3.63, 3.8) is 0 Å². The van der Waals surface area contributed by atoms with Gasteiger partial charge in [0.25, 0.3) is 0 Å². The van der Waals surface area contributed by atoms with Crippen molar-refractivity contribution in [2.75, 3.05) is 0 Å². The lowest BCUT2D eigenvalue weighted by Gasteiger charge is -2.15. The van der Waals surface area contributed by atoms with Crippen LogP contribution in [0.5, 0.6) is 0 Å². The zero-order valence-electron chi connectivity index (χ0n) is 8.74. The lowest BCUT2D eigenvalue weighted by molar-refractivity contribution is 0.280. The van der Waals surface area contributed by atoms with Crippen LogP contribution in [-0.4, -0.2) is 9.85 Å². The molecule has 0 aliphatic carbocycles. The zero-order valence-corrected chi connectivity index (χ0v) is 10.4. The summed E-state index contributed by atoms with van der Waals surface area (Å²) in [4.78, 5) is 0. The molecule has 0 amide bonds. The highest BCUT2D eigenvalue weighted by molar-refractivity contribution is 8.76. The normalized spacial score (nSPS) is 12.0. The van der Waals surface area contributed by atoms with Gasteiger partial charge < -0.3 is 9.52 Å². The molecule has 0 aliphatic heterocycles. The molecule has 0 bridgehead atoms. The van der Waals surface area contributed by atoms with Crippen molar-refractivity contribution in [2.45, 2.75) is 37.9 Å². The standard InChI is InChI=1S/C10H16O2S2/c1-10(2,3)14-13-7-9-6-12-5-8(9)4-11/h5-6,11H,4,7H2,1-3H3. The first-order chi connectivity index (χ1) is 6.53. The van der Waals surface area contributed by atoms with Gasteiger partial charge in [-0.1, -0.05) is 42.4 Å². The predicted octanol–water partition coefficient (Wildman–Crippen LogP) is 3.45. The van der Waals surface area contributed by atoms with Crippen LogP contribution in [-0.2, 0) is 12.4 Å². The first-order valence-electron chi connectivity index (χ1n) is 4.48. The van der Waals surface area contributed by atoms with E-state index in [1.54, 1.807) is 23.3 Å². The van der Waals surface area contributed by atoms with E-state index in [2.05, 4.69) is 20.8 Å². The Kier molecular flexibility index (Phi) is 4.41. The Morgan fingerprint density at radius 3 is 2.50 bits per heavy atom. The highest BCUT2D eigenvalue weighted by Gasteiger charge is 2.12. The molecule has 4 heteroatoms. The molecule has 0 fully saturated rings. The molecule has 0 saturated carbocycles. The zero-order chi connectivity index (χ0) is 10.6. The Labute approximate surface area is 92.9 Å². The van der Waals surface area contributed by atoms with Crippen molar-refractivity contribution in [2.24, 2.45) is 0 Å². The van der Waals surface area contributed by atoms with Crippen molar-refractivity contribution >= 4 is 21.6 Å². The van der Waals surface area contributed by atoms with Gasteiger partial charge in [0.2, 0.25) is 0 Å². The summed E-state index contributed by atoms with van der Waals surface area (Å²) >= 11 is 0. The van der Waals surface area contributed by atoms with E-state index in [-0.39, 0.29) is 11.4 Å². The van der Waals surface area contributed by atoms with Crippen LogP contribution in [0.15, 0.2) is 16.9 Å². The van der Waals surface area contributed by atoms with Crippen molar-refractivity contribution in [1.82, 2.24) is 0 Å². The summed E-state index contributed by atoms with van der Waals surface area (Å²) in [5.74, 6) is 0.883. The van der Waals surface area contributed by atoms with E-state index in [0.29, 0.717) is 0 Å². The fourth-order valence-electron chi connectivity index (χ4n) is 0.885. The van der Waals surface area contributed by atoms with Crippen LogP contribution in [0.3, 0.4) is 0 Å². The molecule has 1 aromatic rings.